The molecule has 0 aromatic heterocycles. The molecule has 0 aliphatic heterocycles. The Morgan fingerprint density at radius 2 is 1.89 bits per heavy atom. The average Bonchev–Trinajstić information content (AvgIpc) is 3.16. The molecule has 3 rings (SSSR count). The zero-order chi connectivity index (χ0) is 20.1. The van der Waals surface area contributed by atoms with Crippen molar-refractivity contribution in [2.24, 2.45) is 5.92 Å². The van der Waals surface area contributed by atoms with Gasteiger partial charge in [0.1, 0.15) is 10.6 Å². The van der Waals surface area contributed by atoms with Gasteiger partial charge in [-0.25, -0.2) is 8.42 Å². The molecular formula is C20H21ClN2O4S. The van der Waals surface area contributed by atoms with Crippen LogP contribution in [-0.2, 0) is 14.8 Å². The lowest BCUT2D eigenvalue weighted by molar-refractivity contribution is -0.116. The van der Waals surface area contributed by atoms with Gasteiger partial charge < -0.3 is 10.1 Å². The topological polar surface area (TPSA) is 84.5 Å². The Labute approximate surface area is 169 Å². The molecule has 0 fully saturated rings. The fourth-order valence-electron chi connectivity index (χ4n) is 2.97. The van der Waals surface area contributed by atoms with Gasteiger partial charge in [-0.3, -0.25) is 9.52 Å². The van der Waals surface area contributed by atoms with Gasteiger partial charge in [-0.15, -0.1) is 0 Å². The Kier molecular flexibility index (Phi) is 6.26. The highest BCUT2D eigenvalue weighted by molar-refractivity contribution is 7.92. The molecule has 1 atom stereocenters. The summed E-state index contributed by atoms with van der Waals surface area (Å²) in [5, 5.41) is 2.81. The first-order valence-corrected chi connectivity index (χ1v) is 10.7. The minimum Gasteiger partial charge on any atom is -0.497 e. The smallest absolute Gasteiger partial charge is 0.263 e. The Morgan fingerprint density at radius 1 is 1.18 bits per heavy atom. The highest BCUT2D eigenvalue weighted by Crippen LogP contribution is 2.28. The predicted octanol–water partition coefficient (Wildman–Crippen LogP) is 4.44. The summed E-state index contributed by atoms with van der Waals surface area (Å²) in [6.45, 7) is 0. The number of sulfonamides is 1. The summed E-state index contributed by atoms with van der Waals surface area (Å²) in [6.07, 6.45) is 6.41. The molecule has 28 heavy (non-hydrogen) atoms. The van der Waals surface area contributed by atoms with Gasteiger partial charge in [0.2, 0.25) is 5.91 Å². The second-order valence-corrected chi connectivity index (χ2v) is 8.56. The molecule has 1 amide bonds. The van der Waals surface area contributed by atoms with Crippen LogP contribution in [0.5, 0.6) is 5.75 Å². The average molecular weight is 421 g/mol. The van der Waals surface area contributed by atoms with Gasteiger partial charge in [0.05, 0.1) is 12.1 Å². The minimum atomic E-state index is -3.93. The zero-order valence-corrected chi connectivity index (χ0v) is 16.9. The van der Waals surface area contributed by atoms with Crippen molar-refractivity contribution < 1.29 is 17.9 Å². The van der Waals surface area contributed by atoms with Gasteiger partial charge in [0.25, 0.3) is 10.0 Å². The summed E-state index contributed by atoms with van der Waals surface area (Å²) in [5.74, 6) is 0.681. The summed E-state index contributed by atoms with van der Waals surface area (Å²) in [5.41, 5.74) is 0.755. The molecule has 8 heteroatoms. The van der Waals surface area contributed by atoms with E-state index in [1.165, 1.54) is 19.2 Å². The maximum Gasteiger partial charge on any atom is 0.263 e. The molecule has 0 unspecified atom stereocenters. The van der Waals surface area contributed by atoms with E-state index in [1.807, 2.05) is 6.08 Å². The van der Waals surface area contributed by atoms with Crippen molar-refractivity contribution in [2.45, 2.75) is 24.2 Å². The van der Waals surface area contributed by atoms with Crippen LogP contribution in [0.2, 0.25) is 5.02 Å². The SMILES string of the molecule is COc1ccc(NS(=O)(=O)c2cc(NC(=O)C[C@@H]3C=CCC3)ccc2Cl)cc1. The second-order valence-electron chi connectivity index (χ2n) is 6.50. The number of ether oxygens (including phenoxy) is 1. The number of hydrogen-bond donors (Lipinski definition) is 2. The Hall–Kier alpha value is -2.51. The maximum absolute atomic E-state index is 12.7. The molecule has 2 aromatic carbocycles. The molecule has 1 aliphatic rings. The van der Waals surface area contributed by atoms with Crippen molar-refractivity contribution in [1.29, 1.82) is 0 Å². The van der Waals surface area contributed by atoms with E-state index < -0.39 is 10.0 Å². The van der Waals surface area contributed by atoms with E-state index in [0.29, 0.717) is 23.5 Å². The van der Waals surface area contributed by atoms with E-state index in [0.717, 1.165) is 12.8 Å². The van der Waals surface area contributed by atoms with Crippen molar-refractivity contribution in [3.63, 3.8) is 0 Å². The summed E-state index contributed by atoms with van der Waals surface area (Å²) in [7, 11) is -2.40. The van der Waals surface area contributed by atoms with Crippen LogP contribution in [0, 0.1) is 5.92 Å². The highest BCUT2D eigenvalue weighted by atomic mass is 35.5. The third-order valence-corrected chi connectivity index (χ3v) is 6.27. The van der Waals surface area contributed by atoms with Crippen LogP contribution in [0.25, 0.3) is 0 Å². The quantitative estimate of drug-likeness (QED) is 0.648. The minimum absolute atomic E-state index is 0.0673. The lowest BCUT2D eigenvalue weighted by Gasteiger charge is -2.13. The molecule has 2 aromatic rings. The van der Waals surface area contributed by atoms with Gasteiger partial charge >= 0.3 is 0 Å². The number of carbonyl (C=O) groups excluding carboxylic acids is 1. The van der Waals surface area contributed by atoms with Crippen molar-refractivity contribution in [1.82, 2.24) is 0 Å². The third-order valence-electron chi connectivity index (χ3n) is 4.41. The largest absolute Gasteiger partial charge is 0.497 e. The first-order valence-electron chi connectivity index (χ1n) is 8.80. The van der Waals surface area contributed by atoms with Crippen molar-refractivity contribution in [2.75, 3.05) is 17.1 Å². The van der Waals surface area contributed by atoms with Gasteiger partial charge in [-0.05, 0) is 61.2 Å². The van der Waals surface area contributed by atoms with E-state index in [9.17, 15) is 13.2 Å². The van der Waals surface area contributed by atoms with Crippen LogP contribution in [-0.4, -0.2) is 21.4 Å². The molecule has 2 N–H and O–H groups in total. The first kappa shape index (κ1) is 20.2. The molecule has 0 saturated carbocycles. The fraction of sp³-hybridized carbons (Fsp3) is 0.250. The third kappa shape index (κ3) is 5.05. The summed E-state index contributed by atoms with van der Waals surface area (Å²) < 4.78 is 33.0. The Bertz CT molecular complexity index is 988. The number of benzene rings is 2. The standard InChI is InChI=1S/C20H21ClN2O4S/c1-27-17-9-6-15(7-10-17)23-28(25,26)19-13-16(8-11-18(19)21)22-20(24)12-14-4-2-3-5-14/h2,4,6-11,13-14,23H,3,5,12H2,1H3,(H,22,24)/t14-/m1/s1. The van der Waals surface area contributed by atoms with E-state index in [2.05, 4.69) is 16.1 Å². The number of allylic oxidation sites excluding steroid dienone is 2. The van der Waals surface area contributed by atoms with Crippen molar-refractivity contribution in [3.05, 3.63) is 59.6 Å². The molecule has 0 bridgehead atoms. The lowest BCUT2D eigenvalue weighted by atomic mass is 10.1. The summed E-state index contributed by atoms with van der Waals surface area (Å²) in [4.78, 5) is 12.1. The lowest BCUT2D eigenvalue weighted by Crippen LogP contribution is -2.17. The second kappa shape index (κ2) is 8.67. The highest BCUT2D eigenvalue weighted by Gasteiger charge is 2.20. The van der Waals surface area contributed by atoms with Gasteiger partial charge in [0, 0.05) is 17.8 Å². The number of hydrogen-bond acceptors (Lipinski definition) is 4. The maximum atomic E-state index is 12.7. The van der Waals surface area contributed by atoms with Gasteiger partial charge in [-0.2, -0.15) is 0 Å². The number of carbonyl (C=O) groups is 1. The van der Waals surface area contributed by atoms with Crippen LogP contribution in [0.15, 0.2) is 59.5 Å². The van der Waals surface area contributed by atoms with E-state index in [-0.39, 0.29) is 21.7 Å². The normalized spacial score (nSPS) is 16.0. The van der Waals surface area contributed by atoms with Crippen LogP contribution in [0.4, 0.5) is 11.4 Å². The fourth-order valence-corrected chi connectivity index (χ4v) is 4.56. The first-order chi connectivity index (χ1) is 13.4. The summed E-state index contributed by atoms with van der Waals surface area (Å²) >= 11 is 6.11. The van der Waals surface area contributed by atoms with E-state index in [4.69, 9.17) is 16.3 Å². The molecule has 1 aliphatic carbocycles. The molecule has 0 heterocycles. The molecule has 0 saturated heterocycles. The molecule has 148 valence electrons. The number of nitrogens with one attached hydrogen (secondary N) is 2. The van der Waals surface area contributed by atoms with Crippen molar-refractivity contribution >= 4 is 38.9 Å². The number of amides is 1. The molecule has 6 nitrogen and oxygen atoms in total. The zero-order valence-electron chi connectivity index (χ0n) is 15.3. The van der Waals surface area contributed by atoms with Crippen LogP contribution in [0.1, 0.15) is 19.3 Å². The van der Waals surface area contributed by atoms with E-state index >= 15 is 0 Å². The molecular weight excluding hydrogens is 400 g/mol. The van der Waals surface area contributed by atoms with Crippen molar-refractivity contribution in [3.8, 4) is 5.75 Å². The summed E-state index contributed by atoms with van der Waals surface area (Å²) in [6, 6.07) is 10.9. The predicted molar refractivity (Wildman–Crippen MR) is 110 cm³/mol. The number of halogens is 1. The number of anilines is 2. The van der Waals surface area contributed by atoms with E-state index in [1.54, 1.807) is 30.3 Å². The van der Waals surface area contributed by atoms with Crippen LogP contribution < -0.4 is 14.8 Å². The Morgan fingerprint density at radius 3 is 2.54 bits per heavy atom. The molecule has 0 radical (unpaired) electrons. The van der Waals surface area contributed by atoms with Crippen LogP contribution >= 0.6 is 11.6 Å². The number of methoxy groups -OCH3 is 1. The number of rotatable bonds is 7. The van der Waals surface area contributed by atoms with Gasteiger partial charge in [0.15, 0.2) is 0 Å². The monoisotopic (exact) mass is 420 g/mol. The van der Waals surface area contributed by atoms with Gasteiger partial charge in [-0.1, -0.05) is 23.8 Å². The Balaban J connectivity index is 1.75. The van der Waals surface area contributed by atoms with Crippen LogP contribution in [0.3, 0.4) is 0 Å². The molecule has 0 spiro atoms.